The average molecular weight is 266 g/mol. The minimum Gasteiger partial charge on any atom is -0.409 e. The highest BCUT2D eigenvalue weighted by Crippen LogP contribution is 2.30. The van der Waals surface area contributed by atoms with Crippen molar-refractivity contribution < 1.29 is 5.21 Å². The van der Waals surface area contributed by atoms with E-state index in [1.54, 1.807) is 23.6 Å². The molecule has 0 aromatic carbocycles. The van der Waals surface area contributed by atoms with Gasteiger partial charge in [-0.3, -0.25) is 4.98 Å². The fourth-order valence-corrected chi connectivity index (χ4v) is 2.98. The van der Waals surface area contributed by atoms with Gasteiger partial charge in [0, 0.05) is 22.2 Å². The second-order valence-corrected chi connectivity index (χ2v) is 5.40. The zero-order chi connectivity index (χ0) is 12.3. The Morgan fingerprint density at radius 3 is 3.06 bits per heavy atom. The van der Waals surface area contributed by atoms with Crippen LogP contribution in [-0.4, -0.2) is 21.0 Å². The quantitative estimate of drug-likeness (QED) is 0.384. The first kappa shape index (κ1) is 11.9. The van der Waals surface area contributed by atoms with Gasteiger partial charge in [-0.1, -0.05) is 16.9 Å². The fourth-order valence-electron chi connectivity index (χ4n) is 1.15. The Morgan fingerprint density at radius 1 is 1.59 bits per heavy atom. The van der Waals surface area contributed by atoms with Crippen molar-refractivity contribution in [1.29, 1.82) is 0 Å². The number of rotatable bonds is 3. The molecule has 2 rings (SSSR count). The molecule has 0 bridgehead atoms. The molecule has 0 aliphatic rings. The highest BCUT2D eigenvalue weighted by molar-refractivity contribution is 8.01. The van der Waals surface area contributed by atoms with Crippen molar-refractivity contribution in [2.24, 2.45) is 10.9 Å². The van der Waals surface area contributed by atoms with Crippen LogP contribution in [0.15, 0.2) is 38.1 Å². The first-order valence-electron chi connectivity index (χ1n) is 4.73. The van der Waals surface area contributed by atoms with Gasteiger partial charge in [-0.05, 0) is 19.1 Å². The summed E-state index contributed by atoms with van der Waals surface area (Å²) in [5.41, 5.74) is 6.93. The average Bonchev–Trinajstić information content (AvgIpc) is 2.74. The van der Waals surface area contributed by atoms with Gasteiger partial charge in [0.05, 0.1) is 0 Å². The van der Waals surface area contributed by atoms with Crippen LogP contribution in [0.1, 0.15) is 11.4 Å². The lowest BCUT2D eigenvalue weighted by Crippen LogP contribution is -2.14. The van der Waals surface area contributed by atoms with Crippen LogP contribution in [0.2, 0.25) is 0 Å². The number of nitrogens with zero attached hydrogens (tertiary/aromatic N) is 3. The van der Waals surface area contributed by atoms with Gasteiger partial charge in [-0.2, -0.15) is 0 Å². The number of thiazole rings is 1. The van der Waals surface area contributed by atoms with Crippen LogP contribution in [0.3, 0.4) is 0 Å². The molecule has 0 amide bonds. The number of nitrogens with two attached hydrogens (primary N) is 1. The third-order valence-corrected chi connectivity index (χ3v) is 3.95. The summed E-state index contributed by atoms with van der Waals surface area (Å²) < 4.78 is 0.958. The highest BCUT2D eigenvalue weighted by atomic mass is 32.2. The van der Waals surface area contributed by atoms with Gasteiger partial charge >= 0.3 is 0 Å². The Kier molecular flexibility index (Phi) is 3.60. The van der Waals surface area contributed by atoms with E-state index in [0.29, 0.717) is 5.69 Å². The molecule has 0 spiro atoms. The third kappa shape index (κ3) is 2.95. The van der Waals surface area contributed by atoms with E-state index in [1.807, 2.05) is 18.4 Å². The van der Waals surface area contributed by atoms with E-state index in [-0.39, 0.29) is 5.84 Å². The van der Waals surface area contributed by atoms with Gasteiger partial charge in [0.1, 0.15) is 5.69 Å². The Bertz CT molecular complexity index is 553. The molecule has 0 fully saturated rings. The third-order valence-electron chi connectivity index (χ3n) is 1.90. The van der Waals surface area contributed by atoms with Crippen LogP contribution in [-0.2, 0) is 0 Å². The predicted molar refractivity (Wildman–Crippen MR) is 67.7 cm³/mol. The number of amidine groups is 1. The summed E-state index contributed by atoms with van der Waals surface area (Å²) in [6.07, 6.45) is 1.62. The SMILES string of the molecule is Cc1csc(Sc2ccnc(C(N)=NO)c2)n1. The van der Waals surface area contributed by atoms with E-state index in [9.17, 15) is 0 Å². The largest absolute Gasteiger partial charge is 0.409 e. The normalized spacial score (nSPS) is 11.7. The van der Waals surface area contributed by atoms with Gasteiger partial charge in [0.2, 0.25) is 0 Å². The van der Waals surface area contributed by atoms with Gasteiger partial charge in [0.25, 0.3) is 0 Å². The van der Waals surface area contributed by atoms with E-state index >= 15 is 0 Å². The minimum atomic E-state index is 0.00256. The van der Waals surface area contributed by atoms with Crippen LogP contribution in [0.5, 0.6) is 0 Å². The molecule has 88 valence electrons. The molecule has 17 heavy (non-hydrogen) atoms. The van der Waals surface area contributed by atoms with Gasteiger partial charge in [-0.25, -0.2) is 4.98 Å². The monoisotopic (exact) mass is 266 g/mol. The Morgan fingerprint density at radius 2 is 2.41 bits per heavy atom. The van der Waals surface area contributed by atoms with Gasteiger partial charge < -0.3 is 10.9 Å². The Labute approximate surface area is 106 Å². The smallest absolute Gasteiger partial charge is 0.188 e. The van der Waals surface area contributed by atoms with Crippen molar-refractivity contribution in [2.45, 2.75) is 16.2 Å². The molecule has 5 nitrogen and oxygen atoms in total. The number of pyridine rings is 1. The summed E-state index contributed by atoms with van der Waals surface area (Å²) in [5, 5.41) is 13.5. The maximum Gasteiger partial charge on any atom is 0.188 e. The van der Waals surface area contributed by atoms with E-state index in [4.69, 9.17) is 10.9 Å². The standard InChI is InChI=1S/C10H10N4OS2/c1-6-5-16-10(13-6)17-7-2-3-12-8(4-7)9(11)14-15/h2-5,15H,1H3,(H2,11,14). The highest BCUT2D eigenvalue weighted by Gasteiger charge is 2.05. The Hall–Kier alpha value is -1.60. The molecule has 0 aliphatic heterocycles. The van der Waals surface area contributed by atoms with Crippen LogP contribution >= 0.6 is 23.1 Å². The predicted octanol–water partition coefficient (Wildman–Crippen LogP) is 2.09. The minimum absolute atomic E-state index is 0.00256. The second-order valence-electron chi connectivity index (χ2n) is 3.22. The van der Waals surface area contributed by atoms with Crippen molar-refractivity contribution >= 4 is 28.9 Å². The lowest BCUT2D eigenvalue weighted by Gasteiger charge is -2.00. The van der Waals surface area contributed by atoms with Crippen molar-refractivity contribution in [2.75, 3.05) is 0 Å². The molecule has 2 aromatic rings. The Balaban J connectivity index is 2.22. The molecule has 2 heterocycles. The van der Waals surface area contributed by atoms with Crippen LogP contribution in [0, 0.1) is 6.92 Å². The van der Waals surface area contributed by atoms with Crippen molar-refractivity contribution in [3.8, 4) is 0 Å². The fraction of sp³-hybridized carbons (Fsp3) is 0.100. The lowest BCUT2D eigenvalue weighted by molar-refractivity contribution is 0.318. The summed E-state index contributed by atoms with van der Waals surface area (Å²) in [5.74, 6) is 0.00256. The zero-order valence-electron chi connectivity index (χ0n) is 8.99. The molecular weight excluding hydrogens is 256 g/mol. The van der Waals surface area contributed by atoms with Crippen molar-refractivity contribution in [1.82, 2.24) is 9.97 Å². The molecule has 7 heteroatoms. The van der Waals surface area contributed by atoms with Crippen molar-refractivity contribution in [3.05, 3.63) is 35.1 Å². The molecule has 0 unspecified atom stereocenters. The van der Waals surface area contributed by atoms with Gasteiger partial charge in [-0.15, -0.1) is 11.3 Å². The van der Waals surface area contributed by atoms with Crippen LogP contribution in [0.4, 0.5) is 0 Å². The maximum absolute atomic E-state index is 8.58. The molecule has 0 atom stereocenters. The number of aromatic nitrogens is 2. The van der Waals surface area contributed by atoms with E-state index in [0.717, 1.165) is 14.9 Å². The van der Waals surface area contributed by atoms with E-state index in [2.05, 4.69) is 15.1 Å². The number of oxime groups is 1. The second kappa shape index (κ2) is 5.15. The first-order chi connectivity index (χ1) is 8.19. The van der Waals surface area contributed by atoms with Crippen molar-refractivity contribution in [3.63, 3.8) is 0 Å². The molecule has 0 saturated carbocycles. The summed E-state index contributed by atoms with van der Waals surface area (Å²) >= 11 is 3.11. The molecule has 2 aromatic heterocycles. The lowest BCUT2D eigenvalue weighted by atomic mass is 10.3. The molecule has 0 saturated heterocycles. The number of aryl methyl sites for hydroxylation is 1. The number of hydrogen-bond donors (Lipinski definition) is 2. The first-order valence-corrected chi connectivity index (χ1v) is 6.42. The zero-order valence-corrected chi connectivity index (χ0v) is 10.6. The van der Waals surface area contributed by atoms with Gasteiger partial charge in [0.15, 0.2) is 10.2 Å². The maximum atomic E-state index is 8.58. The number of hydrogen-bond acceptors (Lipinski definition) is 6. The van der Waals surface area contributed by atoms with Crippen LogP contribution in [0.25, 0.3) is 0 Å². The molecule has 0 aliphatic carbocycles. The van der Waals surface area contributed by atoms with E-state index < -0.39 is 0 Å². The molecule has 0 radical (unpaired) electrons. The summed E-state index contributed by atoms with van der Waals surface area (Å²) in [4.78, 5) is 9.32. The summed E-state index contributed by atoms with van der Waals surface area (Å²) in [6, 6.07) is 3.62. The molecule has 3 N–H and O–H groups in total. The topological polar surface area (TPSA) is 84.4 Å². The summed E-state index contributed by atoms with van der Waals surface area (Å²) in [6.45, 7) is 1.95. The molecular formula is C10H10N4OS2. The van der Waals surface area contributed by atoms with E-state index in [1.165, 1.54) is 11.8 Å². The summed E-state index contributed by atoms with van der Waals surface area (Å²) in [7, 11) is 0. The van der Waals surface area contributed by atoms with Crippen LogP contribution < -0.4 is 5.73 Å².